The molecule has 1 aliphatic heterocycles. The highest BCUT2D eigenvalue weighted by molar-refractivity contribution is 14.1. The van der Waals surface area contributed by atoms with Gasteiger partial charge in [0.05, 0.1) is 16.4 Å². The summed E-state index contributed by atoms with van der Waals surface area (Å²) in [6, 6.07) is 17.6. The van der Waals surface area contributed by atoms with Gasteiger partial charge in [0, 0.05) is 10.0 Å². The zero-order valence-electron chi connectivity index (χ0n) is 19.5. The number of urea groups is 1. The Hall–Kier alpha value is -3.18. The number of carbonyl (C=O) groups excluding carboxylic acids is 3. The van der Waals surface area contributed by atoms with Gasteiger partial charge in [-0.15, -0.1) is 0 Å². The van der Waals surface area contributed by atoms with Crippen LogP contribution in [0.5, 0.6) is 11.5 Å². The predicted molar refractivity (Wildman–Crippen MR) is 149 cm³/mol. The Morgan fingerprint density at radius 1 is 1.03 bits per heavy atom. The minimum absolute atomic E-state index is 0.153. The quantitative estimate of drug-likeness (QED) is 0.195. The summed E-state index contributed by atoms with van der Waals surface area (Å²) in [7, 11) is 1.52. The highest BCUT2D eigenvalue weighted by Crippen LogP contribution is 2.36. The Kier molecular flexibility index (Phi) is 8.10. The van der Waals surface area contributed by atoms with Crippen molar-refractivity contribution >= 4 is 68.1 Å². The molecular weight excluding hydrogens is 639 g/mol. The van der Waals surface area contributed by atoms with E-state index in [4.69, 9.17) is 9.47 Å². The third kappa shape index (κ3) is 5.31. The van der Waals surface area contributed by atoms with Crippen LogP contribution in [0.3, 0.4) is 0 Å². The van der Waals surface area contributed by atoms with Gasteiger partial charge in [-0.2, -0.15) is 0 Å². The minimum atomic E-state index is -0.772. The van der Waals surface area contributed by atoms with Gasteiger partial charge in [-0.3, -0.25) is 14.9 Å². The van der Waals surface area contributed by atoms with E-state index >= 15 is 0 Å². The molecule has 0 aliphatic carbocycles. The van der Waals surface area contributed by atoms with E-state index in [0.29, 0.717) is 35.8 Å². The number of methoxy groups -OCH3 is 1. The third-order valence-electron chi connectivity index (χ3n) is 5.61. The summed E-state index contributed by atoms with van der Waals surface area (Å²) in [6.07, 6.45) is 2.07. The Bertz CT molecular complexity index is 1390. The molecule has 1 fully saturated rings. The largest absolute Gasteiger partial charge is 0.493 e. The van der Waals surface area contributed by atoms with Crippen molar-refractivity contribution in [3.05, 3.63) is 91.0 Å². The summed E-state index contributed by atoms with van der Waals surface area (Å²) in [5, 5.41) is 2.27. The first-order chi connectivity index (χ1) is 17.3. The van der Waals surface area contributed by atoms with Crippen molar-refractivity contribution < 1.29 is 23.9 Å². The van der Waals surface area contributed by atoms with E-state index in [1.165, 1.54) is 13.2 Å². The van der Waals surface area contributed by atoms with Crippen molar-refractivity contribution in [1.82, 2.24) is 5.32 Å². The molecule has 9 heteroatoms. The lowest BCUT2D eigenvalue weighted by molar-refractivity contribution is -0.122. The number of nitrogens with one attached hydrogen (secondary N) is 1. The maximum absolute atomic E-state index is 13.3. The number of rotatable bonds is 7. The van der Waals surface area contributed by atoms with Gasteiger partial charge in [-0.05, 0) is 70.5 Å². The topological polar surface area (TPSA) is 84.9 Å². The van der Waals surface area contributed by atoms with Crippen molar-refractivity contribution in [1.29, 1.82) is 0 Å². The molecule has 0 aromatic heterocycles. The number of hydrogen-bond acceptors (Lipinski definition) is 5. The van der Waals surface area contributed by atoms with Crippen LogP contribution in [0.4, 0.5) is 10.5 Å². The Labute approximate surface area is 230 Å². The molecule has 0 radical (unpaired) electrons. The van der Waals surface area contributed by atoms with Crippen LogP contribution in [0.15, 0.2) is 70.7 Å². The molecule has 4 amide bonds. The van der Waals surface area contributed by atoms with Crippen LogP contribution in [0.2, 0.25) is 0 Å². The second-order valence-corrected chi connectivity index (χ2v) is 9.87. The second kappa shape index (κ2) is 11.3. The SMILES string of the molecule is CCc1ccccc1N1C(=O)NC(=O)/C(=C/c2cc(I)c(OCc3ccccc3Br)c(OC)c2)C1=O. The standard InChI is InChI=1S/C27H22BrIN2O5/c1-3-17-8-5-7-11-22(17)31-26(33)19(25(32)30-27(31)34)12-16-13-21(29)24(23(14-16)35-2)36-15-18-9-4-6-10-20(18)28/h4-14H,3,15H2,1-2H3,(H,30,32,34)/b19-12-. The molecule has 1 N–H and O–H groups in total. The van der Waals surface area contributed by atoms with Crippen molar-refractivity contribution in [2.24, 2.45) is 0 Å². The summed E-state index contributed by atoms with van der Waals surface area (Å²) in [4.78, 5) is 39.6. The minimum Gasteiger partial charge on any atom is -0.493 e. The Morgan fingerprint density at radius 2 is 1.72 bits per heavy atom. The lowest BCUT2D eigenvalue weighted by Crippen LogP contribution is -2.54. The van der Waals surface area contributed by atoms with E-state index in [1.54, 1.807) is 24.3 Å². The number of nitrogens with zero attached hydrogens (tertiary/aromatic N) is 1. The number of para-hydroxylation sites is 1. The summed E-state index contributed by atoms with van der Waals surface area (Å²) in [6.45, 7) is 2.25. The molecule has 7 nitrogen and oxygen atoms in total. The maximum Gasteiger partial charge on any atom is 0.335 e. The average molecular weight is 661 g/mol. The number of barbiturate groups is 1. The summed E-state index contributed by atoms with van der Waals surface area (Å²) in [5.41, 5.74) is 2.64. The highest BCUT2D eigenvalue weighted by Gasteiger charge is 2.37. The third-order valence-corrected chi connectivity index (χ3v) is 7.18. The van der Waals surface area contributed by atoms with E-state index in [-0.39, 0.29) is 5.57 Å². The molecule has 36 heavy (non-hydrogen) atoms. The van der Waals surface area contributed by atoms with Crippen molar-refractivity contribution in [2.75, 3.05) is 12.0 Å². The van der Waals surface area contributed by atoms with Gasteiger partial charge in [0.25, 0.3) is 11.8 Å². The zero-order chi connectivity index (χ0) is 25.8. The van der Waals surface area contributed by atoms with Crippen LogP contribution < -0.4 is 19.7 Å². The fourth-order valence-corrected chi connectivity index (χ4v) is 4.98. The first-order valence-corrected chi connectivity index (χ1v) is 12.9. The molecule has 4 rings (SSSR count). The Morgan fingerprint density at radius 3 is 2.42 bits per heavy atom. The van der Waals surface area contributed by atoms with Gasteiger partial charge in [-0.1, -0.05) is 59.3 Å². The molecule has 0 bridgehead atoms. The number of aryl methyl sites for hydroxylation is 1. The van der Waals surface area contributed by atoms with E-state index in [0.717, 1.165) is 24.1 Å². The van der Waals surface area contributed by atoms with E-state index in [9.17, 15) is 14.4 Å². The van der Waals surface area contributed by atoms with Crippen molar-refractivity contribution in [3.63, 3.8) is 0 Å². The summed E-state index contributed by atoms with van der Waals surface area (Å²) >= 11 is 5.64. The van der Waals surface area contributed by atoms with Crippen molar-refractivity contribution in [3.8, 4) is 11.5 Å². The molecule has 184 valence electrons. The van der Waals surface area contributed by atoms with Gasteiger partial charge >= 0.3 is 6.03 Å². The second-order valence-electron chi connectivity index (χ2n) is 7.85. The fraction of sp³-hybridized carbons (Fsp3) is 0.148. The van der Waals surface area contributed by atoms with Crippen molar-refractivity contribution in [2.45, 2.75) is 20.0 Å². The molecule has 1 aliphatic rings. The monoisotopic (exact) mass is 660 g/mol. The molecule has 0 atom stereocenters. The summed E-state index contributed by atoms with van der Waals surface area (Å²) in [5.74, 6) is -0.441. The van der Waals surface area contributed by atoms with Crippen LogP contribution >= 0.6 is 38.5 Å². The first-order valence-electron chi connectivity index (χ1n) is 11.1. The van der Waals surface area contributed by atoms with Crippen LogP contribution in [-0.2, 0) is 22.6 Å². The van der Waals surface area contributed by atoms with Gasteiger partial charge in [0.2, 0.25) is 0 Å². The number of hydrogen-bond donors (Lipinski definition) is 1. The number of anilines is 1. The number of amides is 4. The van der Waals surface area contributed by atoms with Gasteiger partial charge in [0.1, 0.15) is 12.2 Å². The molecule has 3 aromatic rings. The van der Waals surface area contributed by atoms with Crippen LogP contribution in [0.25, 0.3) is 6.08 Å². The van der Waals surface area contributed by atoms with E-state index in [1.807, 2.05) is 43.3 Å². The summed E-state index contributed by atoms with van der Waals surface area (Å²) < 4.78 is 13.3. The number of carbonyl (C=O) groups is 3. The van der Waals surface area contributed by atoms with Crippen LogP contribution in [-0.4, -0.2) is 25.0 Å². The van der Waals surface area contributed by atoms with E-state index in [2.05, 4.69) is 43.8 Å². The first kappa shape index (κ1) is 25.9. The molecule has 0 saturated carbocycles. The van der Waals surface area contributed by atoms with Gasteiger partial charge in [-0.25, -0.2) is 9.69 Å². The molecule has 1 heterocycles. The zero-order valence-corrected chi connectivity index (χ0v) is 23.3. The Balaban J connectivity index is 1.67. The molecule has 0 unspecified atom stereocenters. The number of benzene rings is 3. The van der Waals surface area contributed by atoms with E-state index < -0.39 is 17.8 Å². The lowest BCUT2D eigenvalue weighted by atomic mass is 10.0. The average Bonchev–Trinajstić information content (AvgIpc) is 2.86. The highest BCUT2D eigenvalue weighted by atomic mass is 127. The normalized spacial score (nSPS) is 14.7. The van der Waals surface area contributed by atoms with Crippen LogP contribution in [0, 0.1) is 3.57 Å². The predicted octanol–water partition coefficient (Wildman–Crippen LogP) is 5.87. The van der Waals surface area contributed by atoms with Gasteiger partial charge in [0.15, 0.2) is 11.5 Å². The van der Waals surface area contributed by atoms with Gasteiger partial charge < -0.3 is 9.47 Å². The number of imide groups is 2. The lowest BCUT2D eigenvalue weighted by Gasteiger charge is -2.28. The molecule has 0 spiro atoms. The van der Waals surface area contributed by atoms with Crippen LogP contribution in [0.1, 0.15) is 23.6 Å². The smallest absolute Gasteiger partial charge is 0.335 e. The molecule has 3 aromatic carbocycles. The maximum atomic E-state index is 13.3. The number of ether oxygens (including phenoxy) is 2. The fourth-order valence-electron chi connectivity index (χ4n) is 3.80. The molecular formula is C27H22BrIN2O5. The number of halogens is 2. The molecule has 1 saturated heterocycles.